The molecule has 1 atom stereocenters. The second kappa shape index (κ2) is 6.67. The van der Waals surface area contributed by atoms with Crippen LogP contribution in [0.2, 0.25) is 0 Å². The molecule has 1 fully saturated rings. The molecule has 130 valence electrons. The van der Waals surface area contributed by atoms with Crippen LogP contribution in [0.15, 0.2) is 30.6 Å². The number of rotatable bonds is 5. The van der Waals surface area contributed by atoms with Crippen LogP contribution in [0.5, 0.6) is 0 Å². The fourth-order valence-electron chi connectivity index (χ4n) is 2.57. The third-order valence-electron chi connectivity index (χ3n) is 3.71. The van der Waals surface area contributed by atoms with E-state index in [1.807, 2.05) is 0 Å². The molecule has 2 heterocycles. The number of nitrogens with one attached hydrogen (secondary N) is 1. The number of aromatic nitrogens is 3. The molecule has 1 aromatic carbocycles. The minimum atomic E-state index is -1.09. The van der Waals surface area contributed by atoms with Crippen LogP contribution >= 0.6 is 0 Å². The normalized spacial score (nSPS) is 16.9. The van der Waals surface area contributed by atoms with Crippen molar-refractivity contribution < 1.29 is 23.9 Å². The SMILES string of the molecule is O=C(O)Cn1cnc(NC(=O)C2CC(=O)N(c3ccccc3F)C2)n1. The molecule has 0 saturated carbocycles. The fourth-order valence-corrected chi connectivity index (χ4v) is 2.57. The van der Waals surface area contributed by atoms with Crippen LogP contribution in [0.3, 0.4) is 0 Å². The molecule has 0 aliphatic carbocycles. The van der Waals surface area contributed by atoms with Crippen LogP contribution in [0.4, 0.5) is 16.0 Å². The summed E-state index contributed by atoms with van der Waals surface area (Å²) in [5.74, 6) is -3.20. The summed E-state index contributed by atoms with van der Waals surface area (Å²) >= 11 is 0. The summed E-state index contributed by atoms with van der Waals surface area (Å²) in [6.07, 6.45) is 1.12. The summed E-state index contributed by atoms with van der Waals surface area (Å²) in [6.45, 7) is -0.340. The van der Waals surface area contributed by atoms with E-state index in [-0.39, 0.29) is 37.1 Å². The first kappa shape index (κ1) is 16.6. The lowest BCUT2D eigenvalue weighted by Gasteiger charge is -2.17. The number of nitrogens with zero attached hydrogens (tertiary/aromatic N) is 4. The first-order valence-electron chi connectivity index (χ1n) is 7.41. The van der Waals surface area contributed by atoms with Gasteiger partial charge in [-0.2, -0.15) is 0 Å². The van der Waals surface area contributed by atoms with Gasteiger partial charge in [0.2, 0.25) is 17.8 Å². The van der Waals surface area contributed by atoms with Crippen molar-refractivity contribution in [1.29, 1.82) is 0 Å². The zero-order valence-corrected chi connectivity index (χ0v) is 12.9. The molecule has 0 bridgehead atoms. The molecule has 1 saturated heterocycles. The molecule has 0 radical (unpaired) electrons. The second-order valence-corrected chi connectivity index (χ2v) is 5.51. The first-order chi connectivity index (χ1) is 11.9. The van der Waals surface area contributed by atoms with Crippen molar-refractivity contribution >= 4 is 29.4 Å². The van der Waals surface area contributed by atoms with Gasteiger partial charge in [-0.05, 0) is 12.1 Å². The Balaban J connectivity index is 1.66. The number of carboxylic acids is 1. The van der Waals surface area contributed by atoms with Crippen molar-refractivity contribution in [1.82, 2.24) is 14.8 Å². The van der Waals surface area contributed by atoms with Gasteiger partial charge in [0.1, 0.15) is 18.7 Å². The Kier molecular flexibility index (Phi) is 4.42. The zero-order valence-electron chi connectivity index (χ0n) is 12.9. The maximum absolute atomic E-state index is 13.8. The number of carbonyl (C=O) groups is 3. The van der Waals surface area contributed by atoms with Gasteiger partial charge < -0.3 is 10.0 Å². The van der Waals surface area contributed by atoms with E-state index in [1.165, 1.54) is 29.4 Å². The summed E-state index contributed by atoms with van der Waals surface area (Å²) in [4.78, 5) is 40.0. The standard InChI is InChI=1S/C15H14FN5O4/c16-10-3-1-2-4-11(10)21-6-9(5-12(21)22)14(25)18-15-17-8-20(19-15)7-13(23)24/h1-4,8-9H,5-7H2,(H,23,24)(H,18,19,25). The van der Waals surface area contributed by atoms with Crippen molar-refractivity contribution in [3.05, 3.63) is 36.4 Å². The number of halogens is 1. The third kappa shape index (κ3) is 3.62. The molecule has 25 heavy (non-hydrogen) atoms. The summed E-state index contributed by atoms with van der Waals surface area (Å²) in [6, 6.07) is 5.85. The van der Waals surface area contributed by atoms with E-state index in [0.717, 1.165) is 4.68 Å². The van der Waals surface area contributed by atoms with Crippen molar-refractivity contribution in [2.75, 3.05) is 16.8 Å². The highest BCUT2D eigenvalue weighted by Crippen LogP contribution is 2.27. The fraction of sp³-hybridized carbons (Fsp3) is 0.267. The number of carboxylic acid groups (broad SMARTS) is 1. The van der Waals surface area contributed by atoms with Crippen LogP contribution in [-0.2, 0) is 20.9 Å². The molecule has 10 heteroatoms. The Labute approximate surface area is 141 Å². The molecule has 1 aliphatic rings. The largest absolute Gasteiger partial charge is 0.480 e. The van der Waals surface area contributed by atoms with Crippen molar-refractivity contribution in [2.24, 2.45) is 5.92 Å². The molecule has 2 N–H and O–H groups in total. The maximum atomic E-state index is 13.8. The van der Waals surface area contributed by atoms with Gasteiger partial charge in [0.05, 0.1) is 11.6 Å². The number of benzene rings is 1. The van der Waals surface area contributed by atoms with Gasteiger partial charge in [0.25, 0.3) is 0 Å². The van der Waals surface area contributed by atoms with Crippen molar-refractivity contribution in [3.63, 3.8) is 0 Å². The summed E-state index contributed by atoms with van der Waals surface area (Å²) in [7, 11) is 0. The predicted molar refractivity (Wildman–Crippen MR) is 83.1 cm³/mol. The van der Waals surface area contributed by atoms with E-state index >= 15 is 0 Å². The average molecular weight is 347 g/mol. The number of hydrogen-bond donors (Lipinski definition) is 2. The van der Waals surface area contributed by atoms with Gasteiger partial charge in [0.15, 0.2) is 0 Å². The molecular weight excluding hydrogens is 333 g/mol. The van der Waals surface area contributed by atoms with Crippen LogP contribution in [0, 0.1) is 11.7 Å². The van der Waals surface area contributed by atoms with E-state index in [9.17, 15) is 18.8 Å². The predicted octanol–water partition coefficient (Wildman–Crippen LogP) is 0.493. The molecular formula is C15H14FN5O4. The van der Waals surface area contributed by atoms with Crippen LogP contribution in [-0.4, -0.2) is 44.2 Å². The molecule has 1 aliphatic heterocycles. The Morgan fingerprint density at radius 3 is 2.84 bits per heavy atom. The van der Waals surface area contributed by atoms with Gasteiger partial charge in [-0.15, -0.1) is 5.10 Å². The summed E-state index contributed by atoms with van der Waals surface area (Å²) < 4.78 is 14.9. The third-order valence-corrected chi connectivity index (χ3v) is 3.71. The van der Waals surface area contributed by atoms with Gasteiger partial charge >= 0.3 is 5.97 Å². The minimum Gasteiger partial charge on any atom is -0.480 e. The number of para-hydroxylation sites is 1. The molecule has 2 aromatic rings. The van der Waals surface area contributed by atoms with Gasteiger partial charge in [-0.1, -0.05) is 12.1 Å². The smallest absolute Gasteiger partial charge is 0.325 e. The second-order valence-electron chi connectivity index (χ2n) is 5.51. The molecule has 2 amide bonds. The van der Waals surface area contributed by atoms with E-state index in [1.54, 1.807) is 6.07 Å². The van der Waals surface area contributed by atoms with Gasteiger partial charge in [-0.3, -0.25) is 19.7 Å². The number of anilines is 2. The van der Waals surface area contributed by atoms with Crippen molar-refractivity contribution in [3.8, 4) is 0 Å². The molecule has 3 rings (SSSR count). The highest BCUT2D eigenvalue weighted by atomic mass is 19.1. The number of amides is 2. The average Bonchev–Trinajstić information content (AvgIpc) is 3.14. The lowest BCUT2D eigenvalue weighted by atomic mass is 10.1. The Morgan fingerprint density at radius 2 is 2.12 bits per heavy atom. The summed E-state index contributed by atoms with van der Waals surface area (Å²) in [5, 5.41) is 14.9. The quantitative estimate of drug-likeness (QED) is 0.813. The Hall–Kier alpha value is -3.30. The molecule has 9 nitrogen and oxygen atoms in total. The zero-order chi connectivity index (χ0) is 18.0. The van der Waals surface area contributed by atoms with Crippen LogP contribution < -0.4 is 10.2 Å². The Morgan fingerprint density at radius 1 is 1.36 bits per heavy atom. The van der Waals surface area contributed by atoms with Crippen LogP contribution in [0.1, 0.15) is 6.42 Å². The van der Waals surface area contributed by atoms with E-state index in [0.29, 0.717) is 0 Å². The number of aliphatic carboxylic acids is 1. The highest BCUT2D eigenvalue weighted by molar-refractivity contribution is 6.03. The number of hydrogen-bond acceptors (Lipinski definition) is 5. The molecule has 1 unspecified atom stereocenters. The van der Waals surface area contributed by atoms with E-state index in [2.05, 4.69) is 15.4 Å². The molecule has 0 spiro atoms. The topological polar surface area (TPSA) is 117 Å². The van der Waals surface area contributed by atoms with Gasteiger partial charge in [0, 0.05) is 13.0 Å². The summed E-state index contributed by atoms with van der Waals surface area (Å²) in [5.41, 5.74) is 0.131. The monoisotopic (exact) mass is 347 g/mol. The van der Waals surface area contributed by atoms with E-state index < -0.39 is 23.6 Å². The minimum absolute atomic E-state index is 0.0431. The lowest BCUT2D eigenvalue weighted by molar-refractivity contribution is -0.137. The first-order valence-corrected chi connectivity index (χ1v) is 7.41. The van der Waals surface area contributed by atoms with Gasteiger partial charge in [-0.25, -0.2) is 14.1 Å². The lowest BCUT2D eigenvalue weighted by Crippen LogP contribution is -2.29. The Bertz CT molecular complexity index is 837. The van der Waals surface area contributed by atoms with Crippen LogP contribution in [0.25, 0.3) is 0 Å². The van der Waals surface area contributed by atoms with Crippen molar-refractivity contribution in [2.45, 2.75) is 13.0 Å². The van der Waals surface area contributed by atoms with E-state index in [4.69, 9.17) is 5.11 Å². The molecule has 1 aromatic heterocycles. The number of carbonyl (C=O) groups excluding carboxylic acids is 2. The highest BCUT2D eigenvalue weighted by Gasteiger charge is 2.36. The maximum Gasteiger partial charge on any atom is 0.325 e.